The van der Waals surface area contributed by atoms with Gasteiger partial charge in [0, 0.05) is 0 Å². The topological polar surface area (TPSA) is 273 Å². The van der Waals surface area contributed by atoms with Gasteiger partial charge in [0.1, 0.15) is 18.3 Å². The third kappa shape index (κ3) is 5.71. The zero-order valence-electron chi connectivity index (χ0n) is 14.8. The highest BCUT2D eigenvalue weighted by atomic mass is 31.3. The van der Waals surface area contributed by atoms with E-state index in [0.717, 1.165) is 17.2 Å². The first-order chi connectivity index (χ1) is 14.2. The molecule has 1 aliphatic heterocycles. The molecule has 0 radical (unpaired) electrons. The average molecular weight is 508 g/mol. The number of phosphoric ester groups is 1. The van der Waals surface area contributed by atoms with Crippen LogP contribution in [-0.2, 0) is 31.6 Å². The zero-order valence-corrected chi connectivity index (χ0v) is 17.5. The summed E-state index contributed by atoms with van der Waals surface area (Å²) in [6.45, 7) is -0.987. The van der Waals surface area contributed by atoms with E-state index in [2.05, 4.69) is 28.1 Å². The lowest BCUT2D eigenvalue weighted by Gasteiger charge is -2.19. The molecule has 3 rings (SSSR count). The smallest absolute Gasteiger partial charge is 0.387 e. The second-order valence-corrected chi connectivity index (χ2v) is 10.4. The normalized spacial score (nSPS) is 28.5. The minimum atomic E-state index is -5.72. The van der Waals surface area contributed by atoms with Crippen LogP contribution >= 0.6 is 23.5 Å². The first-order valence-electron chi connectivity index (χ1n) is 7.89. The number of nitrogens with one attached hydrogen (secondary N) is 1. The molecule has 0 spiro atoms. The molecule has 0 aliphatic carbocycles. The molecule has 31 heavy (non-hydrogen) atoms. The lowest BCUT2D eigenvalue weighted by Crippen LogP contribution is -2.33. The second-order valence-electron chi connectivity index (χ2n) is 5.99. The molecule has 2 aromatic heterocycles. The summed E-state index contributed by atoms with van der Waals surface area (Å²) in [5.41, 5.74) is -0.681. The predicted molar refractivity (Wildman–Crippen MR) is 93.9 cm³/mol. The molecule has 3 unspecified atom stereocenters. The Morgan fingerprint density at radius 3 is 2.39 bits per heavy atom. The molecular weight excluding hydrogens is 493 g/mol. The van der Waals surface area contributed by atoms with Crippen molar-refractivity contribution >= 4 is 34.6 Å². The Bertz CT molecular complexity index is 1160. The maximum absolute atomic E-state index is 11.8. The summed E-state index contributed by atoms with van der Waals surface area (Å²) in [6.07, 6.45) is -4.05. The van der Waals surface area contributed by atoms with Crippen LogP contribution in [0.25, 0.3) is 11.2 Å². The first kappa shape index (κ1) is 24.3. The largest absolute Gasteiger partial charge is 0.490 e. The van der Waals surface area contributed by atoms with Crippen LogP contribution in [0.15, 0.2) is 17.4 Å². The van der Waals surface area contributed by atoms with E-state index in [1.807, 2.05) is 0 Å². The third-order valence-corrected chi connectivity index (χ3v) is 7.60. The van der Waals surface area contributed by atoms with Crippen molar-refractivity contribution in [3.8, 4) is 0 Å². The zero-order chi connectivity index (χ0) is 23.2. The van der Waals surface area contributed by atoms with Crippen molar-refractivity contribution in [2.24, 2.45) is 0 Å². The summed E-state index contributed by atoms with van der Waals surface area (Å²) >= 11 is 0. The van der Waals surface area contributed by atoms with E-state index >= 15 is 0 Å². The number of hydrogen-bond donors (Lipinski definition) is 7. The number of hydrogen-bond acceptors (Lipinski definition) is 12. The maximum Gasteiger partial charge on any atom is 0.490 e. The molecule has 0 amide bonds. The molecular formula is C10H15N4O14P3. The predicted octanol–water partition coefficient (Wildman–Crippen LogP) is -1.92. The number of rotatable bonds is 8. The van der Waals surface area contributed by atoms with E-state index in [1.165, 1.54) is 0 Å². The molecule has 21 heteroatoms. The molecule has 1 fully saturated rings. The van der Waals surface area contributed by atoms with E-state index in [0.29, 0.717) is 0 Å². The van der Waals surface area contributed by atoms with Crippen LogP contribution in [0.1, 0.15) is 6.23 Å². The molecule has 0 aromatic carbocycles. The van der Waals surface area contributed by atoms with Crippen LogP contribution < -0.4 is 5.56 Å². The van der Waals surface area contributed by atoms with Gasteiger partial charge in [-0.2, -0.15) is 8.62 Å². The number of phosphoric acid groups is 3. The first-order valence-corrected chi connectivity index (χ1v) is 12.4. The summed E-state index contributed by atoms with van der Waals surface area (Å²) < 4.78 is 51.6. The fourth-order valence-corrected chi connectivity index (χ4v) is 5.65. The van der Waals surface area contributed by atoms with E-state index in [9.17, 15) is 33.6 Å². The lowest BCUT2D eigenvalue weighted by atomic mass is 10.1. The number of aliphatic hydroxyl groups is 2. The fraction of sp³-hybridized carbons (Fsp3) is 0.500. The maximum atomic E-state index is 11.8. The Balaban J connectivity index is 1.70. The number of H-pyrrole nitrogens is 1. The molecule has 174 valence electrons. The molecule has 2 aromatic rings. The Morgan fingerprint density at radius 2 is 1.74 bits per heavy atom. The minimum Gasteiger partial charge on any atom is -0.387 e. The Hall–Kier alpha value is -1.36. The summed E-state index contributed by atoms with van der Waals surface area (Å²) in [4.78, 5) is 57.2. The molecule has 7 N–H and O–H groups in total. The van der Waals surface area contributed by atoms with Gasteiger partial charge in [0.15, 0.2) is 17.4 Å². The number of aromatic nitrogens is 4. The number of aliphatic hydroxyl groups excluding tert-OH is 2. The van der Waals surface area contributed by atoms with Gasteiger partial charge < -0.3 is 39.5 Å². The summed E-state index contributed by atoms with van der Waals surface area (Å²) in [5, 5.41) is 20.3. The highest BCUT2D eigenvalue weighted by molar-refractivity contribution is 7.66. The third-order valence-electron chi connectivity index (χ3n) is 3.79. The van der Waals surface area contributed by atoms with Gasteiger partial charge in [-0.15, -0.1) is 0 Å². The van der Waals surface area contributed by atoms with Crippen molar-refractivity contribution in [3.63, 3.8) is 0 Å². The van der Waals surface area contributed by atoms with Gasteiger partial charge in [-0.25, -0.2) is 23.7 Å². The number of nitrogens with zero attached hydrogens (tertiary/aromatic N) is 3. The standard InChI is InChI=1S/C10H15N4O14P3/c15-6-4(1-25-30(21,22)28-31(23,24)27-29(18,19)20)26-10(7(6)16)14-3-13-5-8(14)11-2-12-9(5)17/h2-4,6-7,10,15-16H,1H2,(H,21,22)(H,23,24)(H,11,12,17)(H2,18,19,20)/t4-,6-,7-,10?/m0/s1. The Kier molecular flexibility index (Phi) is 6.68. The van der Waals surface area contributed by atoms with Crippen LogP contribution in [0, 0.1) is 0 Å². The average Bonchev–Trinajstić information content (AvgIpc) is 3.13. The monoisotopic (exact) mass is 508 g/mol. The van der Waals surface area contributed by atoms with Crippen molar-refractivity contribution in [1.82, 2.24) is 19.5 Å². The minimum absolute atomic E-state index is 0.00599. The van der Waals surface area contributed by atoms with Crippen molar-refractivity contribution in [2.45, 2.75) is 24.5 Å². The fourth-order valence-electron chi connectivity index (χ4n) is 2.62. The van der Waals surface area contributed by atoms with Gasteiger partial charge in [0.05, 0.1) is 19.3 Å². The van der Waals surface area contributed by atoms with Gasteiger partial charge in [-0.05, 0) is 0 Å². The second kappa shape index (κ2) is 8.53. The number of imidazole rings is 1. The van der Waals surface area contributed by atoms with Crippen LogP contribution in [0.2, 0.25) is 0 Å². The molecule has 1 saturated heterocycles. The van der Waals surface area contributed by atoms with Gasteiger partial charge in [0.2, 0.25) is 0 Å². The van der Waals surface area contributed by atoms with E-state index in [4.69, 9.17) is 19.4 Å². The molecule has 18 nitrogen and oxygen atoms in total. The van der Waals surface area contributed by atoms with Gasteiger partial charge in [-0.3, -0.25) is 13.9 Å². The van der Waals surface area contributed by atoms with Crippen molar-refractivity contribution in [2.75, 3.05) is 6.61 Å². The Labute approximate surface area is 170 Å². The quantitative estimate of drug-likeness (QED) is 0.191. The molecule has 6 atom stereocenters. The number of fused-ring (bicyclic) bond motifs is 1. The molecule has 1 aliphatic rings. The summed E-state index contributed by atoms with van der Waals surface area (Å²) in [6, 6.07) is 0. The lowest BCUT2D eigenvalue weighted by molar-refractivity contribution is -0.0503. The Morgan fingerprint density at radius 1 is 1.06 bits per heavy atom. The molecule has 3 heterocycles. The van der Waals surface area contributed by atoms with Crippen LogP contribution in [0.5, 0.6) is 0 Å². The van der Waals surface area contributed by atoms with Crippen LogP contribution in [-0.4, -0.2) is 74.2 Å². The van der Waals surface area contributed by atoms with Crippen molar-refractivity contribution in [3.05, 3.63) is 23.0 Å². The van der Waals surface area contributed by atoms with Gasteiger partial charge in [-0.1, -0.05) is 0 Å². The van der Waals surface area contributed by atoms with E-state index in [1.54, 1.807) is 0 Å². The highest BCUT2D eigenvalue weighted by Crippen LogP contribution is 2.66. The molecule has 0 saturated carbocycles. The number of aromatic amines is 1. The van der Waals surface area contributed by atoms with E-state index in [-0.39, 0.29) is 11.2 Å². The van der Waals surface area contributed by atoms with Crippen molar-refractivity contribution in [1.29, 1.82) is 0 Å². The van der Waals surface area contributed by atoms with Crippen LogP contribution in [0.3, 0.4) is 0 Å². The summed E-state index contributed by atoms with van der Waals surface area (Å²) in [5.74, 6) is 0. The van der Waals surface area contributed by atoms with Crippen LogP contribution in [0.4, 0.5) is 0 Å². The van der Waals surface area contributed by atoms with E-state index < -0.39 is 60.2 Å². The SMILES string of the molecule is O=c1[nH]cnc2c1ncn2C1O[C@@H](COP(=O)(O)OP(=O)(O)OP(=O)(O)O)[C@H](O)[C@@H]1O. The highest BCUT2D eigenvalue weighted by Gasteiger charge is 2.47. The summed E-state index contributed by atoms with van der Waals surface area (Å²) in [7, 11) is -16.7. The van der Waals surface area contributed by atoms with Gasteiger partial charge >= 0.3 is 23.5 Å². The van der Waals surface area contributed by atoms with Crippen molar-refractivity contribution < 1.29 is 61.4 Å². The number of ether oxygens (including phenoxy) is 1. The van der Waals surface area contributed by atoms with Gasteiger partial charge in [0.25, 0.3) is 5.56 Å². The molecule has 0 bridgehead atoms.